The summed E-state index contributed by atoms with van der Waals surface area (Å²) in [5.41, 5.74) is 0.228. The van der Waals surface area contributed by atoms with Crippen LogP contribution in [0, 0.1) is 5.41 Å². The van der Waals surface area contributed by atoms with Crippen LogP contribution in [0.5, 0.6) is 0 Å². The van der Waals surface area contributed by atoms with Crippen LogP contribution in [0.15, 0.2) is 10.6 Å². The molecule has 6 nitrogen and oxygen atoms in total. The van der Waals surface area contributed by atoms with E-state index >= 15 is 0 Å². The van der Waals surface area contributed by atoms with E-state index in [4.69, 9.17) is 9.63 Å². The number of carbonyl (C=O) groups excluding carboxylic acids is 1. The first-order valence-corrected chi connectivity index (χ1v) is 7.55. The molecule has 0 aromatic carbocycles. The highest BCUT2D eigenvalue weighted by Crippen LogP contribution is 2.21. The van der Waals surface area contributed by atoms with Gasteiger partial charge in [-0.15, -0.1) is 0 Å². The van der Waals surface area contributed by atoms with Crippen LogP contribution in [0.2, 0.25) is 0 Å². The molecular formula is C15H27N3O3. The van der Waals surface area contributed by atoms with Gasteiger partial charge in [0.25, 0.3) is 5.91 Å². The Labute approximate surface area is 126 Å². The van der Waals surface area contributed by atoms with Gasteiger partial charge in [-0.3, -0.25) is 4.79 Å². The van der Waals surface area contributed by atoms with Gasteiger partial charge in [-0.1, -0.05) is 32.9 Å². The summed E-state index contributed by atoms with van der Waals surface area (Å²) in [7, 11) is 0. The Morgan fingerprint density at radius 3 is 2.57 bits per heavy atom. The number of carbonyl (C=O) groups is 1. The number of nitrogens with zero attached hydrogens (tertiary/aromatic N) is 2. The molecule has 0 spiro atoms. The minimum absolute atomic E-state index is 0.0191. The fourth-order valence-corrected chi connectivity index (χ4v) is 2.16. The molecule has 6 heteroatoms. The number of aliphatic hydroxyl groups is 1. The molecule has 2 N–H and O–H groups in total. The van der Waals surface area contributed by atoms with Crippen molar-refractivity contribution < 1.29 is 14.4 Å². The molecule has 21 heavy (non-hydrogen) atoms. The van der Waals surface area contributed by atoms with E-state index in [9.17, 15) is 4.79 Å². The second-order valence-electron chi connectivity index (χ2n) is 5.64. The Bertz CT molecular complexity index is 443. The fourth-order valence-electron chi connectivity index (χ4n) is 2.16. The van der Waals surface area contributed by atoms with Gasteiger partial charge in [0.15, 0.2) is 11.5 Å². The van der Waals surface area contributed by atoms with Gasteiger partial charge >= 0.3 is 0 Å². The third-order valence-corrected chi connectivity index (χ3v) is 3.98. The normalized spacial score (nSPS) is 14.2. The van der Waals surface area contributed by atoms with Crippen molar-refractivity contribution in [1.29, 1.82) is 0 Å². The lowest BCUT2D eigenvalue weighted by atomic mass is 9.86. The van der Waals surface area contributed by atoms with Gasteiger partial charge in [-0.2, -0.15) is 0 Å². The maximum Gasteiger partial charge on any atom is 0.273 e. The molecule has 1 amide bonds. The number of rotatable bonds is 9. The van der Waals surface area contributed by atoms with Crippen molar-refractivity contribution >= 4 is 5.91 Å². The molecule has 1 rings (SSSR count). The highest BCUT2D eigenvalue weighted by atomic mass is 16.5. The monoisotopic (exact) mass is 297 g/mol. The van der Waals surface area contributed by atoms with Gasteiger partial charge in [0.2, 0.25) is 0 Å². The molecule has 0 bridgehead atoms. The van der Waals surface area contributed by atoms with Crippen LogP contribution in [-0.4, -0.2) is 47.2 Å². The molecule has 0 aliphatic rings. The largest absolute Gasteiger partial charge is 0.388 e. The van der Waals surface area contributed by atoms with Crippen LogP contribution >= 0.6 is 0 Å². The van der Waals surface area contributed by atoms with E-state index in [0.29, 0.717) is 12.3 Å². The van der Waals surface area contributed by atoms with Crippen molar-refractivity contribution in [2.24, 2.45) is 5.41 Å². The summed E-state index contributed by atoms with van der Waals surface area (Å²) < 4.78 is 4.82. The molecular weight excluding hydrogens is 270 g/mol. The van der Waals surface area contributed by atoms with Crippen LogP contribution in [0.1, 0.15) is 50.4 Å². The van der Waals surface area contributed by atoms with Crippen LogP contribution in [0.4, 0.5) is 0 Å². The van der Waals surface area contributed by atoms with Gasteiger partial charge in [0.1, 0.15) is 6.61 Å². The molecule has 0 aliphatic carbocycles. The van der Waals surface area contributed by atoms with Crippen molar-refractivity contribution in [2.75, 3.05) is 26.2 Å². The molecule has 1 atom stereocenters. The van der Waals surface area contributed by atoms with E-state index in [-0.39, 0.29) is 23.6 Å². The SMILES string of the molecule is CCN(CC)CC(C)(CC)CNC(=O)c1cc(CO)on1. The quantitative estimate of drug-likeness (QED) is 0.724. The summed E-state index contributed by atoms with van der Waals surface area (Å²) in [5, 5.41) is 15.5. The number of nitrogens with one attached hydrogen (secondary N) is 1. The molecule has 0 saturated heterocycles. The van der Waals surface area contributed by atoms with Crippen molar-refractivity contribution in [1.82, 2.24) is 15.4 Å². The summed E-state index contributed by atoms with van der Waals surface area (Å²) in [6.07, 6.45) is 0.977. The number of hydrogen-bond donors (Lipinski definition) is 2. The van der Waals surface area contributed by atoms with E-state index in [1.807, 2.05) is 0 Å². The number of hydrogen-bond acceptors (Lipinski definition) is 5. The maximum absolute atomic E-state index is 12.0. The second-order valence-corrected chi connectivity index (χ2v) is 5.64. The van der Waals surface area contributed by atoms with E-state index < -0.39 is 0 Å². The summed E-state index contributed by atoms with van der Waals surface area (Å²) in [6, 6.07) is 1.46. The first kappa shape index (κ1) is 17.7. The highest BCUT2D eigenvalue weighted by Gasteiger charge is 2.25. The average Bonchev–Trinajstić information content (AvgIpc) is 2.99. The van der Waals surface area contributed by atoms with E-state index in [1.54, 1.807) is 0 Å². The smallest absolute Gasteiger partial charge is 0.273 e. The van der Waals surface area contributed by atoms with Crippen LogP contribution in [0.25, 0.3) is 0 Å². The molecule has 1 heterocycles. The predicted molar refractivity (Wildman–Crippen MR) is 80.9 cm³/mol. The first-order valence-electron chi connectivity index (χ1n) is 7.55. The Balaban J connectivity index is 2.59. The Kier molecular flexibility index (Phi) is 6.84. The van der Waals surface area contributed by atoms with Crippen molar-refractivity contribution in [3.63, 3.8) is 0 Å². The zero-order valence-electron chi connectivity index (χ0n) is 13.5. The summed E-state index contributed by atoms with van der Waals surface area (Å²) in [4.78, 5) is 14.4. The number of aliphatic hydroxyl groups excluding tert-OH is 1. The number of aromatic nitrogens is 1. The Morgan fingerprint density at radius 1 is 1.43 bits per heavy atom. The van der Waals surface area contributed by atoms with Gasteiger partial charge in [-0.25, -0.2) is 0 Å². The standard InChI is InChI=1S/C15H27N3O3/c1-5-15(4,11-18(6-2)7-3)10-16-14(20)13-8-12(9-19)21-17-13/h8,19H,5-7,9-11H2,1-4H3,(H,16,20). The lowest BCUT2D eigenvalue weighted by Gasteiger charge is -2.34. The average molecular weight is 297 g/mol. The van der Waals surface area contributed by atoms with E-state index in [1.165, 1.54) is 6.07 Å². The van der Waals surface area contributed by atoms with Crippen molar-refractivity contribution in [2.45, 2.75) is 40.7 Å². The molecule has 120 valence electrons. The zero-order valence-corrected chi connectivity index (χ0v) is 13.5. The third kappa shape index (κ3) is 5.13. The number of amides is 1. The Morgan fingerprint density at radius 2 is 2.10 bits per heavy atom. The van der Waals surface area contributed by atoms with Gasteiger partial charge < -0.3 is 19.8 Å². The summed E-state index contributed by atoms with van der Waals surface area (Å²) >= 11 is 0. The second kappa shape index (κ2) is 8.14. The minimum atomic E-state index is -0.266. The molecule has 1 unspecified atom stereocenters. The highest BCUT2D eigenvalue weighted by molar-refractivity contribution is 5.92. The first-order chi connectivity index (χ1) is 9.97. The lowest BCUT2D eigenvalue weighted by molar-refractivity contribution is 0.0903. The lowest BCUT2D eigenvalue weighted by Crippen LogP contribution is -2.43. The predicted octanol–water partition coefficient (Wildman–Crippen LogP) is 1.65. The van der Waals surface area contributed by atoms with Crippen LogP contribution in [-0.2, 0) is 6.61 Å². The molecule has 0 radical (unpaired) electrons. The third-order valence-electron chi connectivity index (χ3n) is 3.98. The van der Waals surface area contributed by atoms with Gasteiger partial charge in [-0.05, 0) is 24.9 Å². The van der Waals surface area contributed by atoms with Crippen LogP contribution in [0.3, 0.4) is 0 Å². The van der Waals surface area contributed by atoms with Gasteiger partial charge in [0.05, 0.1) is 0 Å². The van der Waals surface area contributed by atoms with E-state index in [0.717, 1.165) is 26.1 Å². The molecule has 0 aliphatic heterocycles. The topological polar surface area (TPSA) is 78.6 Å². The fraction of sp³-hybridized carbons (Fsp3) is 0.733. The van der Waals surface area contributed by atoms with Crippen molar-refractivity contribution in [3.05, 3.63) is 17.5 Å². The molecule has 1 aromatic rings. The summed E-state index contributed by atoms with van der Waals surface area (Å²) in [5.74, 6) is 0.0271. The molecule has 0 fully saturated rings. The molecule has 1 aromatic heterocycles. The Hall–Kier alpha value is -1.40. The van der Waals surface area contributed by atoms with E-state index in [2.05, 4.69) is 43.1 Å². The minimum Gasteiger partial charge on any atom is -0.388 e. The molecule has 0 saturated carbocycles. The van der Waals surface area contributed by atoms with Crippen molar-refractivity contribution in [3.8, 4) is 0 Å². The van der Waals surface area contributed by atoms with Gasteiger partial charge in [0, 0.05) is 19.2 Å². The van der Waals surface area contributed by atoms with Crippen LogP contribution < -0.4 is 5.32 Å². The zero-order chi connectivity index (χ0) is 15.9. The summed E-state index contributed by atoms with van der Waals surface area (Å²) in [6.45, 7) is 11.9. The maximum atomic E-state index is 12.0.